The van der Waals surface area contributed by atoms with Crippen LogP contribution in [0.15, 0.2) is 188 Å². The minimum Gasteiger partial charge on any atom is -0.219 e. The maximum atomic E-state index is 5.14. The molecule has 11 rings (SSSR count). The lowest BCUT2D eigenvalue weighted by atomic mass is 9.85. The summed E-state index contributed by atoms with van der Waals surface area (Å²) < 4.78 is 1.94. The van der Waals surface area contributed by atoms with Gasteiger partial charge in [-0.2, -0.15) is 0 Å². The van der Waals surface area contributed by atoms with Crippen molar-refractivity contribution in [3.05, 3.63) is 188 Å². The highest BCUT2D eigenvalue weighted by molar-refractivity contribution is 7.59. The predicted molar refractivity (Wildman–Crippen MR) is 234 cm³/mol. The van der Waals surface area contributed by atoms with Gasteiger partial charge >= 0.3 is 0 Å². The molecule has 0 saturated carbocycles. The predicted octanol–water partition coefficient (Wildman–Crippen LogP) is 14.2. The van der Waals surface area contributed by atoms with E-state index in [-0.39, 0.29) is 7.53 Å². The lowest BCUT2D eigenvalue weighted by Crippen LogP contribution is -1.93. The van der Waals surface area contributed by atoms with Gasteiger partial charge in [0.15, 0.2) is 11.5 Å². The summed E-state index contributed by atoms with van der Waals surface area (Å²) in [5.41, 5.74) is 11.2. The molecule has 1 unspecified atom stereocenters. The number of hydrogen-bond acceptors (Lipinski definition) is 2. The molecule has 0 spiro atoms. The van der Waals surface area contributed by atoms with Gasteiger partial charge in [0.25, 0.3) is 0 Å². The normalized spacial score (nSPS) is 12.1. The molecule has 0 saturated heterocycles. The molecule has 3 nitrogen and oxygen atoms in total. The second kappa shape index (κ2) is 12.7. The lowest BCUT2D eigenvalue weighted by molar-refractivity contribution is 0.968. The van der Waals surface area contributed by atoms with Crippen LogP contribution >= 0.6 is 7.53 Å². The van der Waals surface area contributed by atoms with E-state index in [2.05, 4.69) is 183 Å². The summed E-state index contributed by atoms with van der Waals surface area (Å²) in [4.78, 5) is 5.14. The fourth-order valence-corrected chi connectivity index (χ4v) is 10.6. The molecule has 0 radical (unpaired) electrons. The van der Waals surface area contributed by atoms with Crippen LogP contribution in [0.3, 0.4) is 0 Å². The van der Waals surface area contributed by atoms with Crippen molar-refractivity contribution in [1.29, 1.82) is 0 Å². The molecule has 3 heterocycles. The summed E-state index contributed by atoms with van der Waals surface area (Å²) in [6, 6.07) is 65.9. The highest BCUT2D eigenvalue weighted by Gasteiger charge is 2.19. The average molecular weight is 720 g/mol. The molecule has 8 aromatic carbocycles. The van der Waals surface area contributed by atoms with Gasteiger partial charge < -0.3 is 0 Å². The topological polar surface area (TPSA) is 30.2 Å². The van der Waals surface area contributed by atoms with E-state index in [4.69, 9.17) is 10.1 Å². The average Bonchev–Trinajstić information content (AvgIpc) is 3.82. The van der Waals surface area contributed by atoms with Crippen molar-refractivity contribution in [1.82, 2.24) is 14.6 Å². The Bertz CT molecular complexity index is 3190. The van der Waals surface area contributed by atoms with Gasteiger partial charge in [0.05, 0.1) is 0 Å². The van der Waals surface area contributed by atoms with Crippen molar-refractivity contribution >= 4 is 55.7 Å². The van der Waals surface area contributed by atoms with Crippen molar-refractivity contribution in [2.45, 2.75) is 0 Å². The molecule has 0 aliphatic rings. The van der Waals surface area contributed by atoms with Gasteiger partial charge in [-0.3, -0.25) is 0 Å². The van der Waals surface area contributed by atoms with E-state index in [0.29, 0.717) is 5.82 Å². The Balaban J connectivity index is 1.06. The molecule has 0 aliphatic heterocycles. The van der Waals surface area contributed by atoms with Crippen LogP contribution in [0.1, 0.15) is 0 Å². The Kier molecular flexibility index (Phi) is 7.30. The summed E-state index contributed by atoms with van der Waals surface area (Å²) in [6.45, 7) is 2.39. The lowest BCUT2D eigenvalue weighted by Gasteiger charge is -2.18. The first kappa shape index (κ1) is 31.7. The number of rotatable bonds is 5. The number of fused-ring (bicyclic) bond motifs is 6. The van der Waals surface area contributed by atoms with E-state index in [0.717, 1.165) is 33.5 Å². The van der Waals surface area contributed by atoms with Gasteiger partial charge in [0.1, 0.15) is 0 Å². The Morgan fingerprint density at radius 2 is 0.909 bits per heavy atom. The monoisotopic (exact) mass is 719 g/mol. The SMILES string of the molecule is Cp1c2ccccc2c2cc(-c3c4ccccc4c(-c4ccc(-c5nc6c(-c7ccccc7)cc(-c7ccccc7)cn6n5)cc4)c4ccccc34)ccc21. The van der Waals surface area contributed by atoms with Crippen LogP contribution in [0.2, 0.25) is 0 Å². The first-order valence-electron chi connectivity index (χ1n) is 18.7. The third kappa shape index (κ3) is 5.12. The first-order chi connectivity index (χ1) is 27.2. The van der Waals surface area contributed by atoms with E-state index >= 15 is 0 Å². The van der Waals surface area contributed by atoms with Crippen LogP contribution in [0, 0.1) is 0 Å². The third-order valence-corrected chi connectivity index (χ3v) is 13.4. The number of hydrogen-bond donors (Lipinski definition) is 0. The maximum Gasteiger partial charge on any atom is 0.182 e. The van der Waals surface area contributed by atoms with Gasteiger partial charge in [-0.15, -0.1) is 12.6 Å². The van der Waals surface area contributed by atoms with Gasteiger partial charge in [-0.1, -0.05) is 164 Å². The molecule has 4 heteroatoms. The van der Waals surface area contributed by atoms with Crippen LogP contribution in [0.25, 0.3) is 104 Å². The van der Waals surface area contributed by atoms with Crippen LogP contribution in [-0.2, 0) is 6.66 Å². The van der Waals surface area contributed by atoms with Crippen molar-refractivity contribution in [3.8, 4) is 55.9 Å². The van der Waals surface area contributed by atoms with Crippen LogP contribution in [-0.4, -0.2) is 14.6 Å². The molecule has 3 aromatic heterocycles. The van der Waals surface area contributed by atoms with Crippen molar-refractivity contribution in [3.63, 3.8) is 0 Å². The zero-order valence-electron chi connectivity index (χ0n) is 30.2. The summed E-state index contributed by atoms with van der Waals surface area (Å²) >= 11 is 0. The molecular formula is C51H34N3P. The van der Waals surface area contributed by atoms with Crippen LogP contribution < -0.4 is 0 Å². The fraction of sp³-hybridized carbons (Fsp3) is 0.0196. The Morgan fingerprint density at radius 1 is 0.400 bits per heavy atom. The van der Waals surface area contributed by atoms with E-state index < -0.39 is 0 Å². The molecule has 258 valence electrons. The first-order valence-corrected chi connectivity index (χ1v) is 20.5. The summed E-state index contributed by atoms with van der Waals surface area (Å²) in [5.74, 6) is 0.702. The minimum atomic E-state index is -0.343. The summed E-state index contributed by atoms with van der Waals surface area (Å²) in [5, 5.41) is 15.8. The third-order valence-electron chi connectivity index (χ3n) is 11.2. The molecule has 55 heavy (non-hydrogen) atoms. The summed E-state index contributed by atoms with van der Waals surface area (Å²) in [6.07, 6.45) is 2.09. The van der Waals surface area contributed by atoms with Gasteiger partial charge in [0, 0.05) is 33.1 Å². The maximum absolute atomic E-state index is 5.14. The molecule has 0 aliphatic carbocycles. The molecule has 0 N–H and O–H groups in total. The number of nitrogens with zero attached hydrogens (tertiary/aromatic N) is 3. The zero-order chi connectivity index (χ0) is 36.5. The Hall–Kier alpha value is -6.80. The standard InChI is InChI=1S/C51H34N3P/c1-55-46-23-13-12-18-39(46)45-30-37(28-29-47(45)55)49-42-21-10-8-19-40(42)48(41-20-9-11-22-43(41)49)35-24-26-36(27-25-35)50-52-51-44(34-16-6-3-7-17-34)31-38(32-54(51)53-50)33-14-4-2-5-15-33/h2-32H,1H3. The molecule has 0 bridgehead atoms. The fourth-order valence-electron chi connectivity index (χ4n) is 8.59. The quantitative estimate of drug-likeness (QED) is 0.166. The summed E-state index contributed by atoms with van der Waals surface area (Å²) in [7, 11) is -0.343. The van der Waals surface area contributed by atoms with Crippen LogP contribution in [0.5, 0.6) is 0 Å². The molecule has 1 atom stereocenters. The number of aromatic nitrogens is 3. The number of aryl methyl sites for hydroxylation is 1. The second-order valence-corrected chi connectivity index (χ2v) is 16.4. The Morgan fingerprint density at radius 3 is 1.56 bits per heavy atom. The van der Waals surface area contributed by atoms with Crippen molar-refractivity contribution < 1.29 is 0 Å². The molecule has 0 amide bonds. The van der Waals surface area contributed by atoms with Crippen LogP contribution in [0.4, 0.5) is 0 Å². The highest BCUT2D eigenvalue weighted by Crippen LogP contribution is 2.49. The van der Waals surface area contributed by atoms with Crippen molar-refractivity contribution in [2.24, 2.45) is 6.66 Å². The van der Waals surface area contributed by atoms with E-state index in [1.54, 1.807) is 0 Å². The smallest absolute Gasteiger partial charge is 0.182 e. The minimum absolute atomic E-state index is 0.343. The number of pyridine rings is 1. The van der Waals surface area contributed by atoms with E-state index in [9.17, 15) is 0 Å². The highest BCUT2D eigenvalue weighted by atomic mass is 31.1. The van der Waals surface area contributed by atoms with Gasteiger partial charge in [0.2, 0.25) is 0 Å². The largest absolute Gasteiger partial charge is 0.219 e. The molecular weight excluding hydrogens is 686 g/mol. The molecule has 0 fully saturated rings. The van der Waals surface area contributed by atoms with E-state index in [1.165, 1.54) is 64.8 Å². The Labute approximate surface area is 319 Å². The zero-order valence-corrected chi connectivity index (χ0v) is 31.1. The number of benzene rings is 8. The van der Waals surface area contributed by atoms with Gasteiger partial charge in [-0.25, -0.2) is 9.50 Å². The van der Waals surface area contributed by atoms with Gasteiger partial charge in [-0.05, 0) is 90.6 Å². The molecule has 11 aromatic rings. The van der Waals surface area contributed by atoms with Crippen molar-refractivity contribution in [2.75, 3.05) is 0 Å². The second-order valence-electron chi connectivity index (χ2n) is 14.3. The van der Waals surface area contributed by atoms with E-state index in [1.807, 2.05) is 16.6 Å².